The van der Waals surface area contributed by atoms with Gasteiger partial charge in [0, 0.05) is 19.3 Å². The maximum absolute atomic E-state index is 12.8. The van der Waals surface area contributed by atoms with Crippen LogP contribution >= 0.6 is 0 Å². The van der Waals surface area contributed by atoms with Crippen molar-refractivity contribution in [2.24, 2.45) is 0 Å². The van der Waals surface area contributed by atoms with Crippen LogP contribution in [0.25, 0.3) is 0 Å². The average Bonchev–Trinajstić information content (AvgIpc) is 3.41. The Hall–Kier alpha value is -1.59. The summed E-state index contributed by atoms with van der Waals surface area (Å²) in [5.41, 5.74) is 0. The lowest BCUT2D eigenvalue weighted by molar-refractivity contribution is -0.167. The van der Waals surface area contributed by atoms with Crippen molar-refractivity contribution in [1.29, 1.82) is 0 Å². The number of hydrogen-bond donors (Lipinski definition) is 0. The van der Waals surface area contributed by atoms with Crippen molar-refractivity contribution in [2.75, 3.05) is 13.2 Å². The van der Waals surface area contributed by atoms with Crippen LogP contribution in [0.4, 0.5) is 0 Å². The van der Waals surface area contributed by atoms with Crippen molar-refractivity contribution in [3.63, 3.8) is 0 Å². The second-order valence-corrected chi connectivity index (χ2v) is 23.8. The Morgan fingerprint density at radius 2 is 0.360 bits per heavy atom. The van der Waals surface area contributed by atoms with E-state index < -0.39 is 6.10 Å². The zero-order valence-corrected chi connectivity index (χ0v) is 51.4. The summed E-state index contributed by atoms with van der Waals surface area (Å²) in [6.45, 7) is 6.64. The molecule has 0 spiro atoms. The first-order chi connectivity index (χ1) is 37.0. The van der Waals surface area contributed by atoms with Gasteiger partial charge in [-0.05, 0) is 19.3 Å². The van der Waals surface area contributed by atoms with E-state index in [-0.39, 0.29) is 31.1 Å². The van der Waals surface area contributed by atoms with Crippen LogP contribution in [0.1, 0.15) is 406 Å². The van der Waals surface area contributed by atoms with Gasteiger partial charge in [0.25, 0.3) is 0 Å². The molecule has 0 heterocycles. The molecule has 1 atom stereocenters. The predicted molar refractivity (Wildman–Crippen MR) is 326 cm³/mol. The molecule has 1 unspecified atom stereocenters. The highest BCUT2D eigenvalue weighted by Crippen LogP contribution is 2.19. The molecule has 0 aromatic carbocycles. The molecule has 0 aliphatic heterocycles. The van der Waals surface area contributed by atoms with E-state index in [1.165, 1.54) is 302 Å². The largest absolute Gasteiger partial charge is 0.462 e. The van der Waals surface area contributed by atoms with Crippen molar-refractivity contribution in [3.05, 3.63) is 0 Å². The lowest BCUT2D eigenvalue weighted by Crippen LogP contribution is -2.30. The van der Waals surface area contributed by atoms with E-state index in [0.29, 0.717) is 19.3 Å². The molecular weight excluding hydrogens is 925 g/mol. The van der Waals surface area contributed by atoms with Crippen molar-refractivity contribution < 1.29 is 28.6 Å². The molecule has 0 amide bonds. The Kier molecular flexibility index (Phi) is 63.6. The third-order valence-corrected chi connectivity index (χ3v) is 16.1. The maximum Gasteiger partial charge on any atom is 0.306 e. The minimum absolute atomic E-state index is 0.0623. The number of hydrogen-bond acceptors (Lipinski definition) is 6. The van der Waals surface area contributed by atoms with Crippen LogP contribution in [0.3, 0.4) is 0 Å². The molecule has 6 heteroatoms. The van der Waals surface area contributed by atoms with Crippen LogP contribution in [0.5, 0.6) is 0 Å². The second kappa shape index (κ2) is 64.9. The van der Waals surface area contributed by atoms with Crippen molar-refractivity contribution in [3.8, 4) is 0 Å². The molecule has 0 radical (unpaired) electrons. The number of ether oxygens (including phenoxy) is 3. The average molecular weight is 1060 g/mol. The molecule has 0 aliphatic carbocycles. The van der Waals surface area contributed by atoms with Crippen LogP contribution in [-0.2, 0) is 28.6 Å². The van der Waals surface area contributed by atoms with Gasteiger partial charge in [0.05, 0.1) is 0 Å². The van der Waals surface area contributed by atoms with Gasteiger partial charge in [-0.25, -0.2) is 0 Å². The SMILES string of the molecule is CCCCCCCCCCCCCCCCCCCCCCCCCCCCCCCCCCC(=O)OCC(COC(=O)CCCCCCC)OC(=O)CCCCCCCCCCCCCCCCCCCCCC. The highest BCUT2D eigenvalue weighted by molar-refractivity contribution is 5.71. The Morgan fingerprint density at radius 3 is 0.533 bits per heavy atom. The Balaban J connectivity index is 3.86. The summed E-state index contributed by atoms with van der Waals surface area (Å²) >= 11 is 0. The minimum Gasteiger partial charge on any atom is -0.462 e. The first kappa shape index (κ1) is 73.4. The van der Waals surface area contributed by atoms with Crippen LogP contribution in [0, 0.1) is 0 Å². The third-order valence-electron chi connectivity index (χ3n) is 16.1. The van der Waals surface area contributed by atoms with Gasteiger partial charge in [-0.2, -0.15) is 0 Å². The zero-order chi connectivity index (χ0) is 54.3. The van der Waals surface area contributed by atoms with Gasteiger partial charge in [-0.3, -0.25) is 14.4 Å². The second-order valence-electron chi connectivity index (χ2n) is 23.8. The van der Waals surface area contributed by atoms with Crippen LogP contribution < -0.4 is 0 Å². The molecule has 0 bridgehead atoms. The van der Waals surface area contributed by atoms with Crippen molar-refractivity contribution in [1.82, 2.24) is 0 Å². The summed E-state index contributed by atoms with van der Waals surface area (Å²) in [5.74, 6) is -0.845. The molecule has 0 N–H and O–H groups in total. The molecule has 0 saturated carbocycles. The first-order valence-electron chi connectivity index (χ1n) is 34.5. The lowest BCUT2D eigenvalue weighted by Gasteiger charge is -2.18. The van der Waals surface area contributed by atoms with Gasteiger partial charge in [-0.1, -0.05) is 367 Å². The number of carbonyl (C=O) groups excluding carboxylic acids is 3. The van der Waals surface area contributed by atoms with Gasteiger partial charge >= 0.3 is 17.9 Å². The van der Waals surface area contributed by atoms with E-state index in [2.05, 4.69) is 20.8 Å². The Bertz CT molecular complexity index is 1120. The fourth-order valence-corrected chi connectivity index (χ4v) is 10.9. The standard InChI is InChI=1S/C69H134O6/c1-4-7-10-13-15-17-19-21-23-25-27-29-30-31-32-33-34-35-36-37-38-39-40-42-43-45-47-49-51-53-56-59-62-68(71)74-65-66(64-73-67(70)61-58-55-12-9-6-3)75-69(72)63-60-57-54-52-50-48-46-44-41-28-26-24-22-20-18-16-14-11-8-5-2/h66H,4-65H2,1-3H3. The summed E-state index contributed by atoms with van der Waals surface area (Å²) in [4.78, 5) is 37.9. The van der Waals surface area contributed by atoms with E-state index in [9.17, 15) is 14.4 Å². The van der Waals surface area contributed by atoms with Gasteiger partial charge in [-0.15, -0.1) is 0 Å². The van der Waals surface area contributed by atoms with Gasteiger partial charge < -0.3 is 14.2 Å². The summed E-state index contributed by atoms with van der Waals surface area (Å²) in [6.07, 6.45) is 76.3. The normalized spacial score (nSPS) is 11.9. The predicted octanol–water partition coefficient (Wildman–Crippen LogP) is 23.5. The van der Waals surface area contributed by atoms with E-state index >= 15 is 0 Å². The monoisotopic (exact) mass is 1060 g/mol. The molecule has 0 aromatic rings. The fraction of sp³-hybridized carbons (Fsp3) is 0.957. The quantitative estimate of drug-likeness (QED) is 0.0343. The smallest absolute Gasteiger partial charge is 0.306 e. The molecule has 0 aliphatic rings. The van der Waals surface area contributed by atoms with E-state index in [1.807, 2.05) is 0 Å². The van der Waals surface area contributed by atoms with E-state index in [1.54, 1.807) is 0 Å². The van der Waals surface area contributed by atoms with Gasteiger partial charge in [0.15, 0.2) is 6.10 Å². The van der Waals surface area contributed by atoms with Crippen molar-refractivity contribution in [2.45, 2.75) is 412 Å². The molecular formula is C69H134O6. The number of esters is 3. The highest BCUT2D eigenvalue weighted by Gasteiger charge is 2.19. The molecule has 75 heavy (non-hydrogen) atoms. The molecule has 446 valence electrons. The Morgan fingerprint density at radius 1 is 0.213 bits per heavy atom. The highest BCUT2D eigenvalue weighted by atomic mass is 16.6. The minimum atomic E-state index is -0.760. The maximum atomic E-state index is 12.8. The summed E-state index contributed by atoms with van der Waals surface area (Å²) < 4.78 is 16.8. The summed E-state index contributed by atoms with van der Waals surface area (Å²) in [7, 11) is 0. The first-order valence-corrected chi connectivity index (χ1v) is 34.5. The topological polar surface area (TPSA) is 78.9 Å². The summed E-state index contributed by atoms with van der Waals surface area (Å²) in [6, 6.07) is 0. The molecule has 0 rings (SSSR count). The molecule has 6 nitrogen and oxygen atoms in total. The zero-order valence-electron chi connectivity index (χ0n) is 51.4. The van der Waals surface area contributed by atoms with E-state index in [4.69, 9.17) is 14.2 Å². The Labute approximate surface area is 469 Å². The lowest BCUT2D eigenvalue weighted by atomic mass is 10.0. The van der Waals surface area contributed by atoms with Crippen LogP contribution in [0.2, 0.25) is 0 Å². The molecule has 0 saturated heterocycles. The van der Waals surface area contributed by atoms with E-state index in [0.717, 1.165) is 64.2 Å². The van der Waals surface area contributed by atoms with Crippen molar-refractivity contribution >= 4 is 17.9 Å². The summed E-state index contributed by atoms with van der Waals surface area (Å²) in [5, 5.41) is 0. The molecule has 0 fully saturated rings. The van der Waals surface area contributed by atoms with Crippen LogP contribution in [0.15, 0.2) is 0 Å². The number of unbranched alkanes of at least 4 members (excludes halogenated alkanes) is 54. The number of rotatable bonds is 65. The van der Waals surface area contributed by atoms with Gasteiger partial charge in [0.2, 0.25) is 0 Å². The van der Waals surface area contributed by atoms with Gasteiger partial charge in [0.1, 0.15) is 13.2 Å². The van der Waals surface area contributed by atoms with Crippen LogP contribution in [-0.4, -0.2) is 37.2 Å². The number of carbonyl (C=O) groups is 3. The molecule has 0 aromatic heterocycles. The fourth-order valence-electron chi connectivity index (χ4n) is 10.9. The third kappa shape index (κ3) is 63.1.